The zero-order chi connectivity index (χ0) is 23.4. The third-order valence-electron chi connectivity index (χ3n) is 6.00. The van der Waals surface area contributed by atoms with Gasteiger partial charge in [-0.2, -0.15) is 4.31 Å². The third kappa shape index (κ3) is 5.11. The van der Waals surface area contributed by atoms with Crippen molar-refractivity contribution in [1.29, 1.82) is 0 Å². The Balaban J connectivity index is 1.62. The lowest BCUT2D eigenvalue weighted by Gasteiger charge is -2.38. The molecule has 0 saturated heterocycles. The zero-order valence-corrected chi connectivity index (χ0v) is 20.3. The zero-order valence-electron chi connectivity index (χ0n) is 18.7. The summed E-state index contributed by atoms with van der Waals surface area (Å²) in [5.41, 5.74) is 4.01. The maximum Gasteiger partial charge on any atom is 0.238 e. The van der Waals surface area contributed by atoms with Gasteiger partial charge in [0.1, 0.15) is 0 Å². The van der Waals surface area contributed by atoms with E-state index in [1.807, 2.05) is 48.2 Å². The van der Waals surface area contributed by atoms with E-state index in [1.165, 1.54) is 15.3 Å². The molecule has 1 amide bonds. The Hall–Kier alpha value is -2.74. The highest BCUT2D eigenvalue weighted by atomic mass is 32.2. The Morgan fingerprint density at radius 3 is 2.58 bits per heavy atom. The first kappa shape index (κ1) is 23.4. The maximum absolute atomic E-state index is 13.6. The molecule has 0 bridgehead atoms. The normalized spacial score (nSPS) is 15.9. The summed E-state index contributed by atoms with van der Waals surface area (Å²) in [6.07, 6.45) is 2.31. The SMILES string of the molecule is C=CCN(CC(=O)N1CCc2sccc2C1c1ccccc1C)S(=O)(=O)Cc1ccccc1. The molecule has 1 unspecified atom stereocenters. The van der Waals surface area contributed by atoms with Crippen LogP contribution in [0.15, 0.2) is 78.7 Å². The summed E-state index contributed by atoms with van der Waals surface area (Å²) in [5.74, 6) is -0.344. The van der Waals surface area contributed by atoms with Crippen molar-refractivity contribution in [2.75, 3.05) is 19.6 Å². The number of aryl methyl sites for hydroxylation is 1. The summed E-state index contributed by atoms with van der Waals surface area (Å²) in [4.78, 5) is 16.7. The molecule has 33 heavy (non-hydrogen) atoms. The van der Waals surface area contributed by atoms with Crippen LogP contribution in [0.2, 0.25) is 0 Å². The second-order valence-corrected chi connectivity index (χ2v) is 11.2. The predicted molar refractivity (Wildman–Crippen MR) is 134 cm³/mol. The topological polar surface area (TPSA) is 57.7 Å². The van der Waals surface area contributed by atoms with Gasteiger partial charge in [0.2, 0.25) is 15.9 Å². The summed E-state index contributed by atoms with van der Waals surface area (Å²) >= 11 is 1.71. The van der Waals surface area contributed by atoms with Crippen molar-refractivity contribution in [2.24, 2.45) is 0 Å². The number of hydrogen-bond acceptors (Lipinski definition) is 4. The van der Waals surface area contributed by atoms with Gasteiger partial charge in [0.05, 0.1) is 18.3 Å². The Kier molecular flexibility index (Phi) is 7.12. The molecule has 0 saturated carbocycles. The number of rotatable bonds is 8. The van der Waals surface area contributed by atoms with E-state index in [1.54, 1.807) is 23.5 Å². The van der Waals surface area contributed by atoms with Crippen LogP contribution in [0.4, 0.5) is 0 Å². The molecular weight excluding hydrogens is 452 g/mol. The van der Waals surface area contributed by atoms with Gasteiger partial charge in [-0.05, 0) is 47.0 Å². The average molecular weight is 481 g/mol. The van der Waals surface area contributed by atoms with Crippen molar-refractivity contribution in [3.63, 3.8) is 0 Å². The minimum absolute atomic E-state index is 0.0908. The van der Waals surface area contributed by atoms with Gasteiger partial charge in [0.25, 0.3) is 0 Å². The summed E-state index contributed by atoms with van der Waals surface area (Å²) in [5, 5.41) is 2.07. The fourth-order valence-corrected chi connectivity index (χ4v) is 6.69. The van der Waals surface area contributed by atoms with E-state index in [0.717, 1.165) is 23.1 Å². The first-order chi connectivity index (χ1) is 15.9. The lowest BCUT2D eigenvalue weighted by molar-refractivity contribution is -0.133. The number of amides is 1. The molecule has 7 heteroatoms. The molecule has 0 fully saturated rings. The van der Waals surface area contributed by atoms with Gasteiger partial charge in [-0.25, -0.2) is 8.42 Å². The number of sulfonamides is 1. The van der Waals surface area contributed by atoms with Crippen LogP contribution < -0.4 is 0 Å². The highest BCUT2D eigenvalue weighted by Gasteiger charge is 2.35. The second kappa shape index (κ2) is 10.0. The van der Waals surface area contributed by atoms with Crippen LogP contribution in [0.3, 0.4) is 0 Å². The van der Waals surface area contributed by atoms with Crippen molar-refractivity contribution in [3.05, 3.63) is 106 Å². The highest BCUT2D eigenvalue weighted by molar-refractivity contribution is 7.88. The molecule has 0 N–H and O–H groups in total. The standard InChI is InChI=1S/C26H28N2O3S2/c1-3-15-27(33(30,31)19-21-10-5-4-6-11-21)18-25(29)28-16-13-24-23(14-17-32-24)26(28)22-12-8-7-9-20(22)2/h3-12,14,17,26H,1,13,15-16,18-19H2,2H3. The number of carbonyl (C=O) groups excluding carboxylic acids is 1. The van der Waals surface area contributed by atoms with Gasteiger partial charge >= 0.3 is 0 Å². The van der Waals surface area contributed by atoms with Gasteiger partial charge in [-0.15, -0.1) is 17.9 Å². The van der Waals surface area contributed by atoms with Crippen molar-refractivity contribution in [1.82, 2.24) is 9.21 Å². The van der Waals surface area contributed by atoms with Gasteiger partial charge in [-0.3, -0.25) is 4.79 Å². The van der Waals surface area contributed by atoms with Crippen LogP contribution in [-0.4, -0.2) is 43.2 Å². The van der Waals surface area contributed by atoms with E-state index < -0.39 is 10.0 Å². The molecule has 2 heterocycles. The summed E-state index contributed by atoms with van der Waals surface area (Å²) in [6.45, 7) is 6.20. The van der Waals surface area contributed by atoms with E-state index in [-0.39, 0.29) is 30.8 Å². The van der Waals surface area contributed by atoms with E-state index >= 15 is 0 Å². The predicted octanol–water partition coefficient (Wildman–Crippen LogP) is 4.55. The Morgan fingerprint density at radius 2 is 1.85 bits per heavy atom. The van der Waals surface area contributed by atoms with E-state index in [0.29, 0.717) is 12.1 Å². The highest BCUT2D eigenvalue weighted by Crippen LogP contribution is 2.39. The van der Waals surface area contributed by atoms with Gasteiger partial charge in [0.15, 0.2) is 0 Å². The molecule has 1 aliphatic heterocycles. The average Bonchev–Trinajstić information content (AvgIpc) is 3.28. The van der Waals surface area contributed by atoms with Crippen molar-refractivity contribution < 1.29 is 13.2 Å². The fourth-order valence-electron chi connectivity index (χ4n) is 4.35. The van der Waals surface area contributed by atoms with Gasteiger partial charge in [-0.1, -0.05) is 60.7 Å². The van der Waals surface area contributed by atoms with Gasteiger partial charge in [0, 0.05) is 18.0 Å². The largest absolute Gasteiger partial charge is 0.330 e. The maximum atomic E-state index is 13.6. The molecule has 0 radical (unpaired) electrons. The molecular formula is C26H28N2O3S2. The molecule has 5 nitrogen and oxygen atoms in total. The molecule has 2 aromatic carbocycles. The molecule has 0 spiro atoms. The summed E-state index contributed by atoms with van der Waals surface area (Å²) in [7, 11) is -3.69. The van der Waals surface area contributed by atoms with E-state index in [4.69, 9.17) is 0 Å². The molecule has 3 aromatic rings. The Morgan fingerprint density at radius 1 is 1.12 bits per heavy atom. The lowest BCUT2D eigenvalue weighted by Crippen LogP contribution is -2.47. The van der Waals surface area contributed by atoms with Crippen LogP contribution in [0.25, 0.3) is 0 Å². The third-order valence-corrected chi connectivity index (χ3v) is 8.76. The number of benzene rings is 2. The van der Waals surface area contributed by atoms with Gasteiger partial charge < -0.3 is 4.90 Å². The molecule has 1 atom stereocenters. The molecule has 1 aliphatic rings. The fraction of sp³-hybridized carbons (Fsp3) is 0.269. The number of hydrogen-bond donors (Lipinski definition) is 0. The number of nitrogens with zero attached hydrogens (tertiary/aromatic N) is 2. The first-order valence-electron chi connectivity index (χ1n) is 10.9. The monoisotopic (exact) mass is 480 g/mol. The van der Waals surface area contributed by atoms with E-state index in [2.05, 4.69) is 24.1 Å². The Bertz CT molecular complexity index is 1240. The second-order valence-electron chi connectivity index (χ2n) is 8.22. The van der Waals surface area contributed by atoms with Crippen molar-refractivity contribution in [2.45, 2.75) is 25.1 Å². The quantitative estimate of drug-likeness (QED) is 0.445. The molecule has 172 valence electrons. The molecule has 1 aromatic heterocycles. The van der Waals surface area contributed by atoms with Crippen LogP contribution in [0.1, 0.15) is 33.2 Å². The number of thiophene rings is 1. The summed E-state index contributed by atoms with van der Waals surface area (Å²) in [6, 6.07) is 19.0. The smallest absolute Gasteiger partial charge is 0.238 e. The van der Waals surface area contributed by atoms with Crippen LogP contribution in [0.5, 0.6) is 0 Å². The van der Waals surface area contributed by atoms with Crippen LogP contribution in [0, 0.1) is 6.92 Å². The number of fused-ring (bicyclic) bond motifs is 1. The number of carbonyl (C=O) groups is 1. The van der Waals surface area contributed by atoms with Crippen LogP contribution >= 0.6 is 11.3 Å². The van der Waals surface area contributed by atoms with E-state index in [9.17, 15) is 13.2 Å². The first-order valence-corrected chi connectivity index (χ1v) is 13.4. The minimum Gasteiger partial charge on any atom is -0.330 e. The van der Waals surface area contributed by atoms with Crippen LogP contribution in [-0.2, 0) is 27.0 Å². The minimum atomic E-state index is -3.69. The lowest BCUT2D eigenvalue weighted by atomic mass is 9.90. The Labute approximate surface area is 200 Å². The summed E-state index contributed by atoms with van der Waals surface area (Å²) < 4.78 is 27.6. The molecule has 4 rings (SSSR count). The van der Waals surface area contributed by atoms with Crippen molar-refractivity contribution in [3.8, 4) is 0 Å². The molecule has 0 aliphatic carbocycles. The van der Waals surface area contributed by atoms with Crippen molar-refractivity contribution >= 4 is 27.3 Å².